The Balaban J connectivity index is 1.79. The van der Waals surface area contributed by atoms with Crippen molar-refractivity contribution in [1.82, 2.24) is 15.8 Å². The molecule has 0 aromatic rings. The van der Waals surface area contributed by atoms with Crippen molar-refractivity contribution in [2.24, 2.45) is 5.41 Å². The van der Waals surface area contributed by atoms with E-state index in [0.717, 1.165) is 0 Å². The fourth-order valence-electron chi connectivity index (χ4n) is 2.34. The Bertz CT molecular complexity index is 351. The van der Waals surface area contributed by atoms with E-state index in [2.05, 4.69) is 10.7 Å². The summed E-state index contributed by atoms with van der Waals surface area (Å²) in [5, 5.41) is 13.8. The maximum absolute atomic E-state index is 11.8. The van der Waals surface area contributed by atoms with E-state index in [-0.39, 0.29) is 12.6 Å². The average Bonchev–Trinajstić information content (AvgIpc) is 2.47. The zero-order valence-corrected chi connectivity index (χ0v) is 11.4. The summed E-state index contributed by atoms with van der Waals surface area (Å²) >= 11 is 0. The minimum absolute atomic E-state index is 0.113. The number of carboxylic acids is 1. The number of hydrogen-bond donors (Lipinski definition) is 3. The van der Waals surface area contributed by atoms with E-state index in [1.807, 2.05) is 0 Å². The third kappa shape index (κ3) is 3.81. The van der Waals surface area contributed by atoms with Gasteiger partial charge in [0.05, 0.1) is 18.6 Å². The topological polar surface area (TPSA) is 100 Å². The summed E-state index contributed by atoms with van der Waals surface area (Å²) in [5.41, 5.74) is 1.78. The van der Waals surface area contributed by atoms with E-state index >= 15 is 0 Å². The molecule has 0 spiro atoms. The SMILES string of the molecule is O=C(NCC1(C(=O)O)CCOCC1)NN1CCOCC1. The maximum atomic E-state index is 11.8. The van der Waals surface area contributed by atoms with Crippen LogP contribution in [0.25, 0.3) is 0 Å². The number of nitrogens with zero attached hydrogens (tertiary/aromatic N) is 1. The van der Waals surface area contributed by atoms with Gasteiger partial charge in [0.2, 0.25) is 0 Å². The number of amides is 2. The Labute approximate surface area is 117 Å². The van der Waals surface area contributed by atoms with E-state index in [4.69, 9.17) is 9.47 Å². The molecule has 2 rings (SSSR count). The highest BCUT2D eigenvalue weighted by molar-refractivity contribution is 5.78. The van der Waals surface area contributed by atoms with Crippen LogP contribution in [0.1, 0.15) is 12.8 Å². The number of carboxylic acid groups (broad SMARTS) is 1. The van der Waals surface area contributed by atoms with Gasteiger partial charge in [-0.3, -0.25) is 10.2 Å². The average molecular weight is 287 g/mol. The molecule has 2 aliphatic heterocycles. The number of hydrogen-bond acceptors (Lipinski definition) is 5. The smallest absolute Gasteiger partial charge is 0.329 e. The number of aliphatic carboxylic acids is 1. The minimum Gasteiger partial charge on any atom is -0.481 e. The molecular weight excluding hydrogens is 266 g/mol. The highest BCUT2D eigenvalue weighted by atomic mass is 16.5. The van der Waals surface area contributed by atoms with E-state index in [1.165, 1.54) is 0 Å². The highest BCUT2D eigenvalue weighted by Crippen LogP contribution is 2.29. The van der Waals surface area contributed by atoms with Crippen molar-refractivity contribution < 1.29 is 24.2 Å². The molecule has 0 bridgehead atoms. The Kier molecular flexibility index (Phi) is 5.16. The Hall–Kier alpha value is -1.38. The van der Waals surface area contributed by atoms with Gasteiger partial charge in [-0.15, -0.1) is 0 Å². The minimum atomic E-state index is -0.916. The first-order valence-electron chi connectivity index (χ1n) is 6.81. The predicted octanol–water partition coefficient (Wildman–Crippen LogP) is -0.586. The number of hydrazine groups is 1. The summed E-state index contributed by atoms with van der Waals surface area (Å²) in [6.45, 7) is 3.37. The van der Waals surface area contributed by atoms with Crippen molar-refractivity contribution in [1.29, 1.82) is 0 Å². The maximum Gasteiger partial charge on any atom is 0.329 e. The van der Waals surface area contributed by atoms with E-state index in [1.54, 1.807) is 5.01 Å². The third-order valence-electron chi connectivity index (χ3n) is 3.76. The van der Waals surface area contributed by atoms with Gasteiger partial charge in [0.25, 0.3) is 0 Å². The van der Waals surface area contributed by atoms with E-state index < -0.39 is 11.4 Å². The van der Waals surface area contributed by atoms with Crippen LogP contribution in [-0.2, 0) is 14.3 Å². The summed E-state index contributed by atoms with van der Waals surface area (Å²) < 4.78 is 10.4. The lowest BCUT2D eigenvalue weighted by atomic mass is 9.80. The molecule has 2 fully saturated rings. The molecule has 8 nitrogen and oxygen atoms in total. The lowest BCUT2D eigenvalue weighted by Crippen LogP contribution is -2.54. The van der Waals surface area contributed by atoms with Crippen molar-refractivity contribution >= 4 is 12.0 Å². The number of urea groups is 1. The molecule has 114 valence electrons. The molecule has 0 aliphatic carbocycles. The standard InChI is InChI=1S/C12H21N3O5/c16-10(17)12(1-5-19-6-2-12)9-13-11(18)14-15-3-7-20-8-4-15/h1-9H2,(H,16,17)(H2,13,14,18). The molecule has 0 aromatic heterocycles. The van der Waals surface area contributed by atoms with Gasteiger partial charge >= 0.3 is 12.0 Å². The van der Waals surface area contributed by atoms with E-state index in [9.17, 15) is 14.7 Å². The zero-order valence-electron chi connectivity index (χ0n) is 11.4. The molecule has 0 radical (unpaired) electrons. The van der Waals surface area contributed by atoms with Gasteiger partial charge in [-0.25, -0.2) is 9.80 Å². The van der Waals surface area contributed by atoms with E-state index in [0.29, 0.717) is 52.4 Å². The number of rotatable bonds is 4. The van der Waals surface area contributed by atoms with Gasteiger partial charge in [0.15, 0.2) is 0 Å². The number of morpholine rings is 1. The molecule has 0 aromatic carbocycles. The Morgan fingerprint density at radius 3 is 2.30 bits per heavy atom. The molecule has 8 heteroatoms. The second-order valence-electron chi connectivity index (χ2n) is 5.09. The van der Waals surface area contributed by atoms with Crippen molar-refractivity contribution in [2.75, 3.05) is 46.1 Å². The molecule has 2 amide bonds. The summed E-state index contributed by atoms with van der Waals surface area (Å²) in [4.78, 5) is 23.2. The molecule has 2 aliphatic rings. The van der Waals surface area contributed by atoms with Crippen LogP contribution in [0.2, 0.25) is 0 Å². The Morgan fingerprint density at radius 2 is 1.70 bits per heavy atom. The molecule has 2 heterocycles. The first kappa shape index (κ1) is 15.0. The molecule has 2 saturated heterocycles. The van der Waals surface area contributed by atoms with Gasteiger partial charge in [-0.05, 0) is 12.8 Å². The normalized spacial score (nSPS) is 23.0. The lowest BCUT2D eigenvalue weighted by Gasteiger charge is -2.33. The number of ether oxygens (including phenoxy) is 2. The molecule has 3 N–H and O–H groups in total. The number of carbonyl (C=O) groups is 2. The zero-order chi connectivity index (χ0) is 14.4. The summed E-state index contributed by atoms with van der Waals surface area (Å²) in [5.74, 6) is -0.882. The number of carbonyl (C=O) groups excluding carboxylic acids is 1. The van der Waals surface area contributed by atoms with Crippen LogP contribution in [0.5, 0.6) is 0 Å². The summed E-state index contributed by atoms with van der Waals surface area (Å²) in [6, 6.07) is -0.376. The molecule has 0 unspecified atom stereocenters. The van der Waals surface area contributed by atoms with Gasteiger partial charge in [-0.2, -0.15) is 0 Å². The summed E-state index contributed by atoms with van der Waals surface area (Å²) in [7, 11) is 0. The highest BCUT2D eigenvalue weighted by Gasteiger charge is 2.40. The monoisotopic (exact) mass is 287 g/mol. The van der Waals surface area contributed by atoms with Crippen molar-refractivity contribution in [3.8, 4) is 0 Å². The van der Waals surface area contributed by atoms with Crippen LogP contribution < -0.4 is 10.7 Å². The largest absolute Gasteiger partial charge is 0.481 e. The van der Waals surface area contributed by atoms with Crippen molar-refractivity contribution in [2.45, 2.75) is 12.8 Å². The third-order valence-corrected chi connectivity index (χ3v) is 3.76. The number of nitrogens with one attached hydrogen (secondary N) is 2. The van der Waals surface area contributed by atoms with Crippen molar-refractivity contribution in [3.05, 3.63) is 0 Å². The molecule has 0 saturated carbocycles. The summed E-state index contributed by atoms with van der Waals surface area (Å²) in [6.07, 6.45) is 0.834. The van der Waals surface area contributed by atoms with Gasteiger partial charge in [0.1, 0.15) is 0 Å². The van der Waals surface area contributed by atoms with Crippen LogP contribution >= 0.6 is 0 Å². The van der Waals surface area contributed by atoms with Crippen LogP contribution in [0.3, 0.4) is 0 Å². The Morgan fingerprint density at radius 1 is 1.10 bits per heavy atom. The van der Waals surface area contributed by atoms with Crippen LogP contribution in [0.15, 0.2) is 0 Å². The van der Waals surface area contributed by atoms with Gasteiger partial charge in [0, 0.05) is 32.8 Å². The molecule has 0 atom stereocenters. The van der Waals surface area contributed by atoms with Crippen LogP contribution in [0.4, 0.5) is 4.79 Å². The predicted molar refractivity (Wildman–Crippen MR) is 69.0 cm³/mol. The van der Waals surface area contributed by atoms with Gasteiger partial charge < -0.3 is 19.9 Å². The second-order valence-corrected chi connectivity index (χ2v) is 5.09. The fraction of sp³-hybridized carbons (Fsp3) is 0.833. The quantitative estimate of drug-likeness (QED) is 0.639. The van der Waals surface area contributed by atoms with Crippen molar-refractivity contribution in [3.63, 3.8) is 0 Å². The first-order valence-corrected chi connectivity index (χ1v) is 6.81. The first-order chi connectivity index (χ1) is 9.62. The fourth-order valence-corrected chi connectivity index (χ4v) is 2.34. The van der Waals surface area contributed by atoms with Gasteiger partial charge in [-0.1, -0.05) is 0 Å². The van der Waals surface area contributed by atoms with Crippen LogP contribution in [-0.4, -0.2) is 68.2 Å². The lowest BCUT2D eigenvalue weighted by molar-refractivity contribution is -0.154. The molecule has 20 heavy (non-hydrogen) atoms. The second kappa shape index (κ2) is 6.87. The molecular formula is C12H21N3O5. The van der Waals surface area contributed by atoms with Crippen LogP contribution in [0, 0.1) is 5.41 Å².